The van der Waals surface area contributed by atoms with Crippen LogP contribution in [0.3, 0.4) is 0 Å². The first-order valence-corrected chi connectivity index (χ1v) is 8.65. The maximum Gasteiger partial charge on any atom is 0.242 e. The Balaban J connectivity index is 2.76. The first-order valence-electron chi connectivity index (χ1n) is 7.21. The highest BCUT2D eigenvalue weighted by molar-refractivity contribution is 7.89. The molecule has 0 aliphatic heterocycles. The highest BCUT2D eigenvalue weighted by Crippen LogP contribution is 2.18. The molecule has 0 bridgehead atoms. The maximum atomic E-state index is 12.0. The third-order valence-electron chi connectivity index (χ3n) is 3.40. The van der Waals surface area contributed by atoms with Gasteiger partial charge in [0.05, 0.1) is 4.90 Å². The second-order valence-electron chi connectivity index (χ2n) is 5.20. The van der Waals surface area contributed by atoms with E-state index in [0.717, 1.165) is 18.5 Å². The molecule has 0 radical (unpaired) electrons. The zero-order chi connectivity index (χ0) is 15.2. The van der Waals surface area contributed by atoms with Crippen LogP contribution in [-0.4, -0.2) is 32.9 Å². The zero-order valence-electron chi connectivity index (χ0n) is 12.9. The number of nitrogens with one attached hydrogen (secondary N) is 1. The fourth-order valence-corrected chi connectivity index (χ4v) is 2.90. The maximum absolute atomic E-state index is 12.0. The van der Waals surface area contributed by atoms with E-state index in [2.05, 4.69) is 19.2 Å². The number of sulfonamides is 1. The van der Waals surface area contributed by atoms with E-state index in [9.17, 15) is 8.42 Å². The third-order valence-corrected chi connectivity index (χ3v) is 5.23. The molecule has 0 heterocycles. The van der Waals surface area contributed by atoms with Crippen LogP contribution in [0, 0.1) is 0 Å². The van der Waals surface area contributed by atoms with Crippen LogP contribution in [0.5, 0.6) is 0 Å². The number of benzene rings is 1. The summed E-state index contributed by atoms with van der Waals surface area (Å²) in [6.07, 6.45) is 4.61. The molecule has 1 N–H and O–H groups in total. The van der Waals surface area contributed by atoms with Crippen molar-refractivity contribution < 1.29 is 8.42 Å². The molecule has 4 nitrogen and oxygen atoms in total. The SMILES string of the molecule is CCCCC(CC)Nc1ccc(S(=O)(=O)N(C)C)cc1. The van der Waals surface area contributed by atoms with Crippen molar-refractivity contribution in [2.45, 2.75) is 50.5 Å². The molecule has 20 heavy (non-hydrogen) atoms. The molecule has 1 rings (SSSR count). The lowest BCUT2D eigenvalue weighted by Crippen LogP contribution is -2.22. The Bertz CT molecular complexity index is 495. The number of hydrogen-bond donors (Lipinski definition) is 1. The summed E-state index contributed by atoms with van der Waals surface area (Å²) < 4.78 is 25.2. The molecular formula is C15H26N2O2S. The Morgan fingerprint density at radius 3 is 2.20 bits per heavy atom. The van der Waals surface area contributed by atoms with Crippen LogP contribution in [0.15, 0.2) is 29.2 Å². The van der Waals surface area contributed by atoms with E-state index in [0.29, 0.717) is 10.9 Å². The molecule has 0 saturated heterocycles. The number of nitrogens with zero attached hydrogens (tertiary/aromatic N) is 1. The second-order valence-corrected chi connectivity index (χ2v) is 7.36. The minimum Gasteiger partial charge on any atom is -0.382 e. The molecule has 0 fully saturated rings. The van der Waals surface area contributed by atoms with Crippen LogP contribution in [0.4, 0.5) is 5.69 Å². The van der Waals surface area contributed by atoms with Crippen molar-refractivity contribution in [1.29, 1.82) is 0 Å². The van der Waals surface area contributed by atoms with E-state index in [1.165, 1.54) is 17.1 Å². The molecule has 0 saturated carbocycles. The summed E-state index contributed by atoms with van der Waals surface area (Å²) in [5.41, 5.74) is 0.977. The fourth-order valence-electron chi connectivity index (χ4n) is 2.00. The summed E-state index contributed by atoms with van der Waals surface area (Å²) in [7, 11) is -0.254. The lowest BCUT2D eigenvalue weighted by molar-refractivity contribution is 0.521. The van der Waals surface area contributed by atoms with E-state index in [1.54, 1.807) is 26.2 Å². The van der Waals surface area contributed by atoms with Gasteiger partial charge in [0.25, 0.3) is 0 Å². The van der Waals surface area contributed by atoms with Crippen molar-refractivity contribution in [3.8, 4) is 0 Å². The standard InChI is InChI=1S/C15H26N2O2S/c1-5-7-8-13(6-2)16-14-9-11-15(12-10-14)20(18,19)17(3)4/h9-13,16H,5-8H2,1-4H3. The number of anilines is 1. The largest absolute Gasteiger partial charge is 0.382 e. The molecule has 1 unspecified atom stereocenters. The molecule has 1 atom stereocenters. The first-order chi connectivity index (χ1) is 9.41. The minimum atomic E-state index is -3.34. The quantitative estimate of drug-likeness (QED) is 0.801. The number of hydrogen-bond acceptors (Lipinski definition) is 3. The van der Waals surface area contributed by atoms with E-state index >= 15 is 0 Å². The smallest absolute Gasteiger partial charge is 0.242 e. The van der Waals surface area contributed by atoms with Gasteiger partial charge in [-0.1, -0.05) is 26.7 Å². The molecule has 0 spiro atoms. The first kappa shape index (κ1) is 17.0. The van der Waals surface area contributed by atoms with Gasteiger partial charge in [0, 0.05) is 25.8 Å². The summed E-state index contributed by atoms with van der Waals surface area (Å²) in [6, 6.07) is 7.44. The summed E-state index contributed by atoms with van der Waals surface area (Å²) >= 11 is 0. The number of unbranched alkanes of at least 4 members (excludes halogenated alkanes) is 1. The lowest BCUT2D eigenvalue weighted by atomic mass is 10.1. The molecule has 5 heteroatoms. The molecule has 0 aliphatic rings. The predicted octanol–water partition coefficient (Wildman–Crippen LogP) is 3.32. The van der Waals surface area contributed by atoms with Crippen molar-refractivity contribution in [1.82, 2.24) is 4.31 Å². The zero-order valence-corrected chi connectivity index (χ0v) is 13.7. The average Bonchev–Trinajstić information content (AvgIpc) is 2.43. The summed E-state index contributed by atoms with van der Waals surface area (Å²) in [5.74, 6) is 0. The topological polar surface area (TPSA) is 49.4 Å². The van der Waals surface area contributed by atoms with Crippen LogP contribution < -0.4 is 5.32 Å². The van der Waals surface area contributed by atoms with Gasteiger partial charge in [-0.3, -0.25) is 0 Å². The second kappa shape index (κ2) is 7.64. The van der Waals surface area contributed by atoms with E-state index in [1.807, 2.05) is 12.1 Å². The van der Waals surface area contributed by atoms with Crippen molar-refractivity contribution in [2.75, 3.05) is 19.4 Å². The van der Waals surface area contributed by atoms with Gasteiger partial charge in [-0.15, -0.1) is 0 Å². The van der Waals surface area contributed by atoms with Crippen molar-refractivity contribution in [3.63, 3.8) is 0 Å². The van der Waals surface area contributed by atoms with Crippen molar-refractivity contribution in [2.24, 2.45) is 0 Å². The van der Waals surface area contributed by atoms with Crippen LogP contribution in [0.1, 0.15) is 39.5 Å². The Hall–Kier alpha value is -1.07. The fraction of sp³-hybridized carbons (Fsp3) is 0.600. The number of rotatable bonds is 8. The van der Waals surface area contributed by atoms with E-state index in [4.69, 9.17) is 0 Å². The van der Waals surface area contributed by atoms with Gasteiger partial charge in [-0.05, 0) is 37.1 Å². The predicted molar refractivity (Wildman–Crippen MR) is 84.5 cm³/mol. The van der Waals surface area contributed by atoms with Gasteiger partial charge in [0.15, 0.2) is 0 Å². The molecule has 1 aromatic rings. The summed E-state index contributed by atoms with van der Waals surface area (Å²) in [5, 5.41) is 3.46. The van der Waals surface area contributed by atoms with Crippen LogP contribution >= 0.6 is 0 Å². The molecule has 1 aromatic carbocycles. The van der Waals surface area contributed by atoms with Gasteiger partial charge in [-0.2, -0.15) is 0 Å². The molecule has 114 valence electrons. The van der Waals surface area contributed by atoms with Gasteiger partial charge >= 0.3 is 0 Å². The van der Waals surface area contributed by atoms with Crippen molar-refractivity contribution in [3.05, 3.63) is 24.3 Å². The van der Waals surface area contributed by atoms with E-state index in [-0.39, 0.29) is 0 Å². The molecule has 0 amide bonds. The van der Waals surface area contributed by atoms with Crippen LogP contribution in [0.2, 0.25) is 0 Å². The monoisotopic (exact) mass is 298 g/mol. The minimum absolute atomic E-state index is 0.328. The highest BCUT2D eigenvalue weighted by atomic mass is 32.2. The summed E-state index contributed by atoms with van der Waals surface area (Å²) in [6.45, 7) is 4.35. The Morgan fingerprint density at radius 1 is 1.15 bits per heavy atom. The lowest BCUT2D eigenvalue weighted by Gasteiger charge is -2.18. The van der Waals surface area contributed by atoms with Gasteiger partial charge in [-0.25, -0.2) is 12.7 Å². The molecule has 0 aromatic heterocycles. The molecule has 0 aliphatic carbocycles. The highest BCUT2D eigenvalue weighted by Gasteiger charge is 2.16. The third kappa shape index (κ3) is 4.49. The van der Waals surface area contributed by atoms with Crippen LogP contribution in [-0.2, 0) is 10.0 Å². The summed E-state index contributed by atoms with van der Waals surface area (Å²) in [4.78, 5) is 0.328. The van der Waals surface area contributed by atoms with Crippen LogP contribution in [0.25, 0.3) is 0 Å². The van der Waals surface area contributed by atoms with Gasteiger partial charge < -0.3 is 5.32 Å². The Morgan fingerprint density at radius 2 is 1.75 bits per heavy atom. The Labute approximate surface area is 123 Å². The van der Waals surface area contributed by atoms with Crippen molar-refractivity contribution >= 4 is 15.7 Å². The molecular weight excluding hydrogens is 272 g/mol. The Kier molecular flexibility index (Phi) is 6.49. The normalized spacial score (nSPS) is 13.4. The average molecular weight is 298 g/mol. The van der Waals surface area contributed by atoms with Gasteiger partial charge in [0.2, 0.25) is 10.0 Å². The van der Waals surface area contributed by atoms with Gasteiger partial charge in [0.1, 0.15) is 0 Å². The van der Waals surface area contributed by atoms with E-state index < -0.39 is 10.0 Å².